The molecular weight excluding hydrogens is 202 g/mol. The molecule has 0 aliphatic heterocycles. The molecule has 13 heavy (non-hydrogen) atoms. The quantitative estimate of drug-likeness (QED) is 0.341. The minimum absolute atomic E-state index is 0.305. The maximum absolute atomic E-state index is 10.9. The van der Waals surface area contributed by atoms with Gasteiger partial charge >= 0.3 is 0 Å². The molecule has 0 aromatic heterocycles. The van der Waals surface area contributed by atoms with E-state index in [1.807, 2.05) is 6.08 Å². The first-order valence-electron chi connectivity index (χ1n) is 4.43. The standard InChI is InChI=1S/C9H17NOS2/c10-9(11)8(5-3-7-13)4-1-2-6-12/h4,12-13H,1-3,5-7H2,(H2,10,11)/b8-4+. The maximum atomic E-state index is 10.9. The van der Waals surface area contributed by atoms with Gasteiger partial charge in [-0.3, -0.25) is 4.79 Å². The van der Waals surface area contributed by atoms with Crippen molar-refractivity contribution >= 4 is 31.2 Å². The maximum Gasteiger partial charge on any atom is 0.244 e. The van der Waals surface area contributed by atoms with Gasteiger partial charge in [0.15, 0.2) is 0 Å². The molecule has 0 aromatic rings. The van der Waals surface area contributed by atoms with Gasteiger partial charge in [0.2, 0.25) is 5.91 Å². The van der Waals surface area contributed by atoms with Gasteiger partial charge in [0, 0.05) is 5.57 Å². The Bertz CT molecular complexity index is 180. The van der Waals surface area contributed by atoms with Crippen LogP contribution in [0.5, 0.6) is 0 Å². The van der Waals surface area contributed by atoms with E-state index in [4.69, 9.17) is 5.73 Å². The summed E-state index contributed by atoms with van der Waals surface area (Å²) in [5.74, 6) is 1.33. The highest BCUT2D eigenvalue weighted by Crippen LogP contribution is 2.07. The Morgan fingerprint density at radius 3 is 2.31 bits per heavy atom. The summed E-state index contributed by atoms with van der Waals surface area (Å²) >= 11 is 8.17. The fourth-order valence-corrected chi connectivity index (χ4v) is 1.30. The Balaban J connectivity index is 3.92. The number of allylic oxidation sites excluding steroid dienone is 1. The van der Waals surface area contributed by atoms with E-state index >= 15 is 0 Å². The van der Waals surface area contributed by atoms with E-state index in [2.05, 4.69) is 25.3 Å². The van der Waals surface area contributed by atoms with Crippen molar-refractivity contribution < 1.29 is 4.79 Å². The third-order valence-corrected chi connectivity index (χ3v) is 2.31. The second kappa shape index (κ2) is 8.51. The number of thiol groups is 2. The summed E-state index contributed by atoms with van der Waals surface area (Å²) in [6, 6.07) is 0. The van der Waals surface area contributed by atoms with Crippen LogP contribution in [-0.2, 0) is 4.79 Å². The van der Waals surface area contributed by atoms with E-state index in [1.165, 1.54) is 0 Å². The minimum atomic E-state index is -0.305. The van der Waals surface area contributed by atoms with Crippen LogP contribution in [0, 0.1) is 0 Å². The summed E-state index contributed by atoms with van der Waals surface area (Å²) in [5, 5.41) is 0. The van der Waals surface area contributed by atoms with Gasteiger partial charge in [-0.2, -0.15) is 25.3 Å². The summed E-state index contributed by atoms with van der Waals surface area (Å²) < 4.78 is 0. The third kappa shape index (κ3) is 7.02. The summed E-state index contributed by atoms with van der Waals surface area (Å²) in [6.07, 6.45) is 5.43. The number of primary amides is 1. The van der Waals surface area contributed by atoms with Crippen LogP contribution in [0.2, 0.25) is 0 Å². The molecule has 0 unspecified atom stereocenters. The SMILES string of the molecule is NC(=O)/C(=C/CCCS)CCCS. The van der Waals surface area contributed by atoms with Crippen molar-refractivity contribution in [2.24, 2.45) is 5.73 Å². The third-order valence-electron chi connectivity index (χ3n) is 1.67. The van der Waals surface area contributed by atoms with Crippen molar-refractivity contribution in [2.45, 2.75) is 25.7 Å². The number of hydrogen-bond acceptors (Lipinski definition) is 3. The highest BCUT2D eigenvalue weighted by atomic mass is 32.1. The highest BCUT2D eigenvalue weighted by molar-refractivity contribution is 7.80. The number of hydrogen-bond donors (Lipinski definition) is 3. The molecule has 0 saturated heterocycles. The molecule has 4 heteroatoms. The number of unbranched alkanes of at least 4 members (excludes halogenated alkanes) is 1. The predicted molar refractivity (Wildman–Crippen MR) is 63.5 cm³/mol. The number of carbonyl (C=O) groups is 1. The fourth-order valence-electron chi connectivity index (χ4n) is 0.963. The summed E-state index contributed by atoms with van der Waals surface area (Å²) in [7, 11) is 0. The lowest BCUT2D eigenvalue weighted by Gasteiger charge is -2.01. The smallest absolute Gasteiger partial charge is 0.244 e. The summed E-state index contributed by atoms with van der Waals surface area (Å²) in [6.45, 7) is 0. The Labute approximate surface area is 90.8 Å². The number of nitrogens with two attached hydrogens (primary N) is 1. The molecule has 0 aliphatic carbocycles. The van der Waals surface area contributed by atoms with Gasteiger partial charge < -0.3 is 5.73 Å². The number of carbonyl (C=O) groups excluding carboxylic acids is 1. The van der Waals surface area contributed by atoms with Crippen molar-refractivity contribution in [1.29, 1.82) is 0 Å². The van der Waals surface area contributed by atoms with E-state index in [9.17, 15) is 4.79 Å². The molecule has 0 aromatic carbocycles. The van der Waals surface area contributed by atoms with Gasteiger partial charge in [-0.05, 0) is 37.2 Å². The minimum Gasteiger partial charge on any atom is -0.366 e. The Morgan fingerprint density at radius 1 is 1.23 bits per heavy atom. The van der Waals surface area contributed by atoms with Crippen LogP contribution in [-0.4, -0.2) is 17.4 Å². The normalized spacial score (nSPS) is 11.7. The summed E-state index contributed by atoms with van der Waals surface area (Å²) in [5.41, 5.74) is 5.94. The second-order valence-electron chi connectivity index (χ2n) is 2.79. The van der Waals surface area contributed by atoms with Crippen LogP contribution >= 0.6 is 25.3 Å². The van der Waals surface area contributed by atoms with Gasteiger partial charge in [0.25, 0.3) is 0 Å². The fraction of sp³-hybridized carbons (Fsp3) is 0.667. The lowest BCUT2D eigenvalue weighted by Crippen LogP contribution is -2.14. The van der Waals surface area contributed by atoms with Crippen molar-refractivity contribution in [3.8, 4) is 0 Å². The molecule has 0 heterocycles. The van der Waals surface area contributed by atoms with Crippen molar-refractivity contribution in [3.63, 3.8) is 0 Å². The number of rotatable bonds is 7. The molecule has 0 rings (SSSR count). The van der Waals surface area contributed by atoms with Gasteiger partial charge in [-0.15, -0.1) is 0 Å². The zero-order chi connectivity index (χ0) is 10.1. The first-order chi connectivity index (χ1) is 6.22. The van der Waals surface area contributed by atoms with E-state index in [0.29, 0.717) is 0 Å². The van der Waals surface area contributed by atoms with Crippen LogP contribution < -0.4 is 5.73 Å². The molecule has 0 fully saturated rings. The first kappa shape index (κ1) is 12.9. The molecule has 2 nitrogen and oxygen atoms in total. The molecule has 0 spiro atoms. The van der Waals surface area contributed by atoms with Crippen LogP contribution in [0.15, 0.2) is 11.6 Å². The van der Waals surface area contributed by atoms with E-state index in [0.717, 1.165) is 42.8 Å². The predicted octanol–water partition coefficient (Wildman–Crippen LogP) is 1.82. The molecule has 0 bridgehead atoms. The Hall–Kier alpha value is -0.0900. The molecule has 0 atom stereocenters. The second-order valence-corrected chi connectivity index (χ2v) is 3.68. The van der Waals surface area contributed by atoms with Gasteiger partial charge in [-0.1, -0.05) is 6.08 Å². The number of amides is 1. The molecule has 0 aliphatic rings. The van der Waals surface area contributed by atoms with Crippen LogP contribution in [0.3, 0.4) is 0 Å². The average molecular weight is 219 g/mol. The van der Waals surface area contributed by atoms with E-state index in [1.54, 1.807) is 0 Å². The van der Waals surface area contributed by atoms with E-state index < -0.39 is 0 Å². The van der Waals surface area contributed by atoms with E-state index in [-0.39, 0.29) is 5.91 Å². The van der Waals surface area contributed by atoms with Crippen LogP contribution in [0.25, 0.3) is 0 Å². The van der Waals surface area contributed by atoms with Gasteiger partial charge in [0.05, 0.1) is 0 Å². The Kier molecular flexibility index (Phi) is 8.45. The molecule has 2 N–H and O–H groups in total. The van der Waals surface area contributed by atoms with Crippen molar-refractivity contribution in [2.75, 3.05) is 11.5 Å². The topological polar surface area (TPSA) is 43.1 Å². The zero-order valence-electron chi connectivity index (χ0n) is 7.70. The monoisotopic (exact) mass is 219 g/mol. The largest absolute Gasteiger partial charge is 0.366 e. The average Bonchev–Trinajstić information content (AvgIpc) is 2.10. The zero-order valence-corrected chi connectivity index (χ0v) is 9.49. The lowest BCUT2D eigenvalue weighted by atomic mass is 10.1. The van der Waals surface area contributed by atoms with Crippen LogP contribution in [0.4, 0.5) is 0 Å². The van der Waals surface area contributed by atoms with Crippen LogP contribution in [0.1, 0.15) is 25.7 Å². The summed E-state index contributed by atoms with van der Waals surface area (Å²) in [4.78, 5) is 10.9. The molecule has 0 radical (unpaired) electrons. The molecule has 76 valence electrons. The molecular formula is C9H17NOS2. The van der Waals surface area contributed by atoms with Gasteiger partial charge in [-0.25, -0.2) is 0 Å². The molecule has 0 saturated carbocycles. The first-order valence-corrected chi connectivity index (χ1v) is 5.69. The lowest BCUT2D eigenvalue weighted by molar-refractivity contribution is -0.114. The Morgan fingerprint density at radius 2 is 1.85 bits per heavy atom. The van der Waals surface area contributed by atoms with Gasteiger partial charge in [0.1, 0.15) is 0 Å². The van der Waals surface area contributed by atoms with Crippen molar-refractivity contribution in [3.05, 3.63) is 11.6 Å². The highest BCUT2D eigenvalue weighted by Gasteiger charge is 2.02. The van der Waals surface area contributed by atoms with Crippen molar-refractivity contribution in [1.82, 2.24) is 0 Å². The molecule has 1 amide bonds.